The van der Waals surface area contributed by atoms with E-state index >= 15 is 0 Å². The topological polar surface area (TPSA) is 9.23 Å². The molecule has 0 heterocycles. The van der Waals surface area contributed by atoms with Crippen molar-refractivity contribution in [2.75, 3.05) is 7.11 Å². The fourth-order valence-electron chi connectivity index (χ4n) is 2.56. The van der Waals surface area contributed by atoms with Crippen LogP contribution in [0.2, 0.25) is 0 Å². The fourth-order valence-corrected chi connectivity index (χ4v) is 2.56. The van der Waals surface area contributed by atoms with Crippen LogP contribution in [0.5, 0.6) is 5.75 Å². The molecule has 0 aliphatic carbocycles. The van der Waals surface area contributed by atoms with Crippen LogP contribution < -0.4 is 4.74 Å². The molecule has 3 aromatic carbocycles. The van der Waals surface area contributed by atoms with Crippen LogP contribution in [0.15, 0.2) is 66.7 Å². The molecule has 0 unspecified atom stereocenters. The third-order valence-electron chi connectivity index (χ3n) is 3.89. The Morgan fingerprint density at radius 1 is 0.750 bits per heavy atom. The molecule has 0 aliphatic heterocycles. The first-order valence-corrected chi connectivity index (χ1v) is 6.90. The summed E-state index contributed by atoms with van der Waals surface area (Å²) in [7, 11) is 1.70. The van der Waals surface area contributed by atoms with Crippen LogP contribution in [0.1, 0.15) is 24.0 Å². The minimum absolute atomic E-state index is 0.380. The van der Waals surface area contributed by atoms with Gasteiger partial charge in [0.2, 0.25) is 0 Å². The molecule has 1 atom stereocenters. The van der Waals surface area contributed by atoms with E-state index in [-0.39, 0.29) is 0 Å². The number of benzene rings is 3. The summed E-state index contributed by atoms with van der Waals surface area (Å²) in [6.07, 6.45) is 0. The Hall–Kier alpha value is -2.28. The van der Waals surface area contributed by atoms with Crippen molar-refractivity contribution in [2.24, 2.45) is 0 Å². The molecule has 0 bridgehead atoms. The van der Waals surface area contributed by atoms with Gasteiger partial charge < -0.3 is 4.74 Å². The summed E-state index contributed by atoms with van der Waals surface area (Å²) in [5.74, 6) is 1.28. The first-order valence-electron chi connectivity index (χ1n) is 6.90. The van der Waals surface area contributed by atoms with Crippen LogP contribution in [-0.4, -0.2) is 7.11 Å². The Balaban J connectivity index is 1.96. The van der Waals surface area contributed by atoms with E-state index in [1.807, 2.05) is 12.1 Å². The van der Waals surface area contributed by atoms with Gasteiger partial charge in [-0.25, -0.2) is 0 Å². The lowest BCUT2D eigenvalue weighted by Gasteiger charge is -2.14. The molecule has 0 radical (unpaired) electrons. The molecule has 0 aliphatic rings. The van der Waals surface area contributed by atoms with Gasteiger partial charge in [0.25, 0.3) is 0 Å². The molecule has 3 aromatic rings. The van der Waals surface area contributed by atoms with Crippen molar-refractivity contribution in [3.05, 3.63) is 77.9 Å². The SMILES string of the molecule is COc1ccc([C@@H](C)c2ccc3ccccc3c2)cc1. The lowest BCUT2D eigenvalue weighted by atomic mass is 9.91. The smallest absolute Gasteiger partial charge is 0.118 e. The van der Waals surface area contributed by atoms with Crippen molar-refractivity contribution in [3.8, 4) is 5.75 Å². The zero-order chi connectivity index (χ0) is 13.9. The van der Waals surface area contributed by atoms with Crippen molar-refractivity contribution < 1.29 is 4.74 Å². The van der Waals surface area contributed by atoms with E-state index in [0.29, 0.717) is 5.92 Å². The van der Waals surface area contributed by atoms with Crippen LogP contribution in [-0.2, 0) is 0 Å². The molecular weight excluding hydrogens is 244 g/mol. The minimum atomic E-state index is 0.380. The molecule has 0 amide bonds. The average Bonchev–Trinajstić information content (AvgIpc) is 2.54. The zero-order valence-corrected chi connectivity index (χ0v) is 11.8. The maximum Gasteiger partial charge on any atom is 0.118 e. The highest BCUT2D eigenvalue weighted by Crippen LogP contribution is 2.28. The Labute approximate surface area is 119 Å². The summed E-state index contributed by atoms with van der Waals surface area (Å²) in [6.45, 7) is 2.24. The van der Waals surface area contributed by atoms with Gasteiger partial charge in [-0.05, 0) is 34.0 Å². The standard InChI is InChI=1S/C19H18O/c1-14(15-9-11-19(20-2)12-10-15)17-8-7-16-5-3-4-6-18(16)13-17/h3-14H,1-2H3/t14-/m1/s1. The molecule has 1 heteroatoms. The number of methoxy groups -OCH3 is 1. The van der Waals surface area contributed by atoms with Crippen LogP contribution >= 0.6 is 0 Å². The number of hydrogen-bond donors (Lipinski definition) is 0. The van der Waals surface area contributed by atoms with E-state index in [1.54, 1.807) is 7.11 Å². The molecule has 100 valence electrons. The average molecular weight is 262 g/mol. The lowest BCUT2D eigenvalue weighted by Crippen LogP contribution is -1.96. The van der Waals surface area contributed by atoms with E-state index in [9.17, 15) is 0 Å². The summed E-state index contributed by atoms with van der Waals surface area (Å²) in [6, 6.07) is 23.5. The van der Waals surface area contributed by atoms with Crippen molar-refractivity contribution in [3.63, 3.8) is 0 Å². The predicted octanol–water partition coefficient (Wildman–Crippen LogP) is 5.00. The van der Waals surface area contributed by atoms with Gasteiger partial charge in [0.05, 0.1) is 7.11 Å². The minimum Gasteiger partial charge on any atom is -0.497 e. The second-order valence-corrected chi connectivity index (χ2v) is 5.10. The van der Waals surface area contributed by atoms with E-state index in [4.69, 9.17) is 4.74 Å². The molecule has 0 fully saturated rings. The summed E-state index contributed by atoms with van der Waals surface area (Å²) in [5, 5.41) is 2.59. The quantitative estimate of drug-likeness (QED) is 0.645. The maximum atomic E-state index is 5.21. The molecule has 0 N–H and O–H groups in total. The molecular formula is C19H18O. The second-order valence-electron chi connectivity index (χ2n) is 5.10. The third kappa shape index (κ3) is 2.39. The van der Waals surface area contributed by atoms with Crippen LogP contribution in [0.4, 0.5) is 0 Å². The second kappa shape index (κ2) is 5.38. The van der Waals surface area contributed by atoms with Crippen LogP contribution in [0.3, 0.4) is 0 Å². The Bertz CT molecular complexity index is 713. The van der Waals surface area contributed by atoms with Gasteiger partial charge in [0.1, 0.15) is 5.75 Å². The number of hydrogen-bond acceptors (Lipinski definition) is 1. The van der Waals surface area contributed by atoms with Crippen molar-refractivity contribution in [1.82, 2.24) is 0 Å². The first-order chi connectivity index (χ1) is 9.78. The fraction of sp³-hybridized carbons (Fsp3) is 0.158. The third-order valence-corrected chi connectivity index (χ3v) is 3.89. The highest BCUT2D eigenvalue weighted by molar-refractivity contribution is 5.83. The molecule has 0 aromatic heterocycles. The van der Waals surface area contributed by atoms with E-state index in [1.165, 1.54) is 21.9 Å². The largest absolute Gasteiger partial charge is 0.497 e. The van der Waals surface area contributed by atoms with Crippen molar-refractivity contribution in [1.29, 1.82) is 0 Å². The van der Waals surface area contributed by atoms with Gasteiger partial charge >= 0.3 is 0 Å². The molecule has 0 saturated heterocycles. The molecule has 20 heavy (non-hydrogen) atoms. The zero-order valence-electron chi connectivity index (χ0n) is 11.8. The van der Waals surface area contributed by atoms with E-state index in [0.717, 1.165) is 5.75 Å². The monoisotopic (exact) mass is 262 g/mol. The molecule has 1 nitrogen and oxygen atoms in total. The van der Waals surface area contributed by atoms with Gasteiger partial charge in [0, 0.05) is 5.92 Å². The van der Waals surface area contributed by atoms with E-state index < -0.39 is 0 Å². The summed E-state index contributed by atoms with van der Waals surface area (Å²) < 4.78 is 5.21. The molecule has 3 rings (SSSR count). The normalized spacial score (nSPS) is 12.3. The van der Waals surface area contributed by atoms with Gasteiger partial charge in [-0.1, -0.05) is 61.5 Å². The summed E-state index contributed by atoms with van der Waals surface area (Å²) in [5.41, 5.74) is 2.65. The van der Waals surface area contributed by atoms with Gasteiger partial charge in [0.15, 0.2) is 0 Å². The number of rotatable bonds is 3. The van der Waals surface area contributed by atoms with Crippen molar-refractivity contribution in [2.45, 2.75) is 12.8 Å². The molecule has 0 spiro atoms. The van der Waals surface area contributed by atoms with Gasteiger partial charge in [-0.2, -0.15) is 0 Å². The maximum absolute atomic E-state index is 5.21. The Morgan fingerprint density at radius 2 is 1.40 bits per heavy atom. The summed E-state index contributed by atoms with van der Waals surface area (Å²) in [4.78, 5) is 0. The Kier molecular flexibility index (Phi) is 3.42. The van der Waals surface area contributed by atoms with Gasteiger partial charge in [-0.3, -0.25) is 0 Å². The number of ether oxygens (including phenoxy) is 1. The van der Waals surface area contributed by atoms with Gasteiger partial charge in [-0.15, -0.1) is 0 Å². The van der Waals surface area contributed by atoms with E-state index in [2.05, 4.69) is 61.5 Å². The van der Waals surface area contributed by atoms with Crippen LogP contribution in [0, 0.1) is 0 Å². The predicted molar refractivity (Wildman–Crippen MR) is 84.5 cm³/mol. The van der Waals surface area contributed by atoms with Crippen LogP contribution in [0.25, 0.3) is 10.8 Å². The lowest BCUT2D eigenvalue weighted by molar-refractivity contribution is 0.414. The first kappa shape index (κ1) is 12.7. The Morgan fingerprint density at radius 3 is 2.10 bits per heavy atom. The number of fused-ring (bicyclic) bond motifs is 1. The molecule has 0 saturated carbocycles. The highest BCUT2D eigenvalue weighted by Gasteiger charge is 2.09. The summed E-state index contributed by atoms with van der Waals surface area (Å²) >= 11 is 0. The van der Waals surface area contributed by atoms with Crippen molar-refractivity contribution >= 4 is 10.8 Å². The highest BCUT2D eigenvalue weighted by atomic mass is 16.5.